The molecule has 0 aliphatic carbocycles. The predicted octanol–water partition coefficient (Wildman–Crippen LogP) is 5.16. The molecule has 1 atom stereocenters. The van der Waals surface area contributed by atoms with Gasteiger partial charge in [-0.3, -0.25) is 4.79 Å². The van der Waals surface area contributed by atoms with Crippen molar-refractivity contribution < 1.29 is 23.7 Å². The fraction of sp³-hybridized carbons (Fsp3) is 0.222. The molecule has 2 N–H and O–H groups in total. The first-order valence-corrected chi connectivity index (χ1v) is 12.2. The van der Waals surface area contributed by atoms with Crippen molar-refractivity contribution in [2.75, 3.05) is 19.2 Å². The number of rotatable bonds is 8. The molecule has 3 aromatic carbocycles. The minimum Gasteiger partial charge on any atom is -0.493 e. The van der Waals surface area contributed by atoms with E-state index in [1.54, 1.807) is 7.11 Å². The van der Waals surface area contributed by atoms with Crippen LogP contribution in [0.25, 0.3) is 6.08 Å². The maximum Gasteiger partial charge on any atom is 0.260 e. The van der Waals surface area contributed by atoms with Gasteiger partial charge in [-0.05, 0) is 65.6 Å². The maximum atomic E-state index is 12.5. The van der Waals surface area contributed by atoms with Crippen LogP contribution in [0, 0.1) is 0 Å². The number of aryl methyl sites for hydroxylation is 1. The zero-order valence-corrected chi connectivity index (χ0v) is 20.3. The Bertz CT molecular complexity index is 1260. The molecule has 0 spiro atoms. The number of anilines is 1. The first kappa shape index (κ1) is 23.0. The van der Waals surface area contributed by atoms with E-state index in [-0.39, 0.29) is 18.2 Å². The number of carbonyl (C=O) groups excluding carboxylic acids is 1. The molecule has 180 valence electrons. The summed E-state index contributed by atoms with van der Waals surface area (Å²) in [5.41, 5.74) is 3.82. The molecule has 2 aliphatic heterocycles. The van der Waals surface area contributed by atoms with Gasteiger partial charge in [-0.25, -0.2) is 0 Å². The van der Waals surface area contributed by atoms with Gasteiger partial charge in [0.15, 0.2) is 28.5 Å². The monoisotopic (exact) mass is 490 g/mol. The van der Waals surface area contributed by atoms with Crippen molar-refractivity contribution in [3.63, 3.8) is 0 Å². The lowest BCUT2D eigenvalue weighted by molar-refractivity contribution is -0.116. The molecular formula is C27H26N2O5S. The number of fused-ring (bicyclic) bond motifs is 1. The number of methoxy groups -OCH3 is 1. The SMILES string of the molecule is CCc1ccc(N[C@@H]2NC(=O)/C(=C/c3ccc(OCc4ccc5c(c4)OCO5)c(OC)c3)S2)cc1. The Hall–Kier alpha value is -3.78. The highest BCUT2D eigenvalue weighted by Crippen LogP contribution is 2.35. The van der Waals surface area contributed by atoms with E-state index in [0.717, 1.165) is 34.7 Å². The van der Waals surface area contributed by atoms with Crippen LogP contribution < -0.4 is 29.6 Å². The number of hydrogen-bond donors (Lipinski definition) is 2. The fourth-order valence-corrected chi connectivity index (χ4v) is 4.77. The van der Waals surface area contributed by atoms with Crippen LogP contribution in [0.4, 0.5) is 5.69 Å². The summed E-state index contributed by atoms with van der Waals surface area (Å²) >= 11 is 1.45. The molecule has 2 aliphatic rings. The Morgan fingerprint density at radius 2 is 1.83 bits per heavy atom. The largest absolute Gasteiger partial charge is 0.493 e. The van der Waals surface area contributed by atoms with Crippen LogP contribution in [0.1, 0.15) is 23.6 Å². The van der Waals surface area contributed by atoms with Crippen molar-refractivity contribution in [3.8, 4) is 23.0 Å². The number of carbonyl (C=O) groups is 1. The number of nitrogens with one attached hydrogen (secondary N) is 2. The molecule has 0 bridgehead atoms. The third kappa shape index (κ3) is 5.33. The lowest BCUT2D eigenvalue weighted by atomic mass is 10.1. The highest BCUT2D eigenvalue weighted by atomic mass is 32.2. The van der Waals surface area contributed by atoms with Gasteiger partial charge < -0.3 is 29.6 Å². The number of ether oxygens (including phenoxy) is 4. The van der Waals surface area contributed by atoms with Crippen molar-refractivity contribution in [2.45, 2.75) is 25.4 Å². The van der Waals surface area contributed by atoms with E-state index in [9.17, 15) is 4.79 Å². The van der Waals surface area contributed by atoms with Gasteiger partial charge in [0.1, 0.15) is 6.61 Å². The molecule has 0 aromatic heterocycles. The molecular weight excluding hydrogens is 464 g/mol. The third-order valence-corrected chi connectivity index (χ3v) is 6.74. The summed E-state index contributed by atoms with van der Waals surface area (Å²) in [6.07, 6.45) is 2.85. The summed E-state index contributed by atoms with van der Waals surface area (Å²) in [7, 11) is 1.60. The lowest BCUT2D eigenvalue weighted by Crippen LogP contribution is -2.30. The maximum absolute atomic E-state index is 12.5. The number of benzene rings is 3. The van der Waals surface area contributed by atoms with E-state index >= 15 is 0 Å². The zero-order valence-electron chi connectivity index (χ0n) is 19.5. The lowest BCUT2D eigenvalue weighted by Gasteiger charge is -2.13. The Morgan fingerprint density at radius 3 is 2.63 bits per heavy atom. The average molecular weight is 491 g/mol. The normalized spacial score (nSPS) is 17.4. The van der Waals surface area contributed by atoms with Gasteiger partial charge in [-0.15, -0.1) is 0 Å². The summed E-state index contributed by atoms with van der Waals surface area (Å²) < 4.78 is 22.3. The molecule has 1 saturated heterocycles. The fourth-order valence-electron chi connectivity index (χ4n) is 3.79. The highest BCUT2D eigenvalue weighted by molar-refractivity contribution is 8.05. The van der Waals surface area contributed by atoms with Crippen LogP contribution in [-0.4, -0.2) is 25.3 Å². The topological polar surface area (TPSA) is 78.1 Å². The van der Waals surface area contributed by atoms with E-state index in [2.05, 4.69) is 29.7 Å². The van der Waals surface area contributed by atoms with Crippen LogP contribution in [0.2, 0.25) is 0 Å². The summed E-state index contributed by atoms with van der Waals surface area (Å²) in [5.74, 6) is 2.56. The minimum absolute atomic E-state index is 0.111. The Morgan fingerprint density at radius 1 is 1.03 bits per heavy atom. The second kappa shape index (κ2) is 10.2. The van der Waals surface area contributed by atoms with Gasteiger partial charge in [-0.2, -0.15) is 0 Å². The van der Waals surface area contributed by atoms with Crippen LogP contribution in [0.5, 0.6) is 23.0 Å². The van der Waals surface area contributed by atoms with Gasteiger partial charge in [0.05, 0.1) is 12.0 Å². The molecule has 1 fully saturated rings. The van der Waals surface area contributed by atoms with Gasteiger partial charge >= 0.3 is 0 Å². The Labute approximate surface area is 208 Å². The van der Waals surface area contributed by atoms with E-state index < -0.39 is 0 Å². The predicted molar refractivity (Wildman–Crippen MR) is 137 cm³/mol. The van der Waals surface area contributed by atoms with Gasteiger partial charge in [0.2, 0.25) is 6.79 Å². The van der Waals surface area contributed by atoms with E-state index in [1.165, 1.54) is 17.3 Å². The van der Waals surface area contributed by atoms with E-state index in [1.807, 2.05) is 54.6 Å². The molecule has 0 saturated carbocycles. The van der Waals surface area contributed by atoms with Crippen molar-refractivity contribution in [2.24, 2.45) is 0 Å². The standard InChI is InChI=1S/C27H26N2O5S/c1-3-17-4-8-20(9-5-17)28-27-29-26(30)25(35-27)14-18-6-10-21(23(12-18)31-2)32-15-19-7-11-22-24(13-19)34-16-33-22/h4-14,27-28H,3,15-16H2,1-2H3,(H,29,30)/b25-14-/t27-/m1/s1. The zero-order chi connectivity index (χ0) is 24.2. The molecule has 7 nitrogen and oxygen atoms in total. The number of thioether (sulfide) groups is 1. The highest BCUT2D eigenvalue weighted by Gasteiger charge is 2.27. The second-order valence-corrected chi connectivity index (χ2v) is 9.21. The van der Waals surface area contributed by atoms with Crippen LogP contribution in [0.3, 0.4) is 0 Å². The summed E-state index contributed by atoms with van der Waals surface area (Å²) in [4.78, 5) is 13.2. The molecule has 2 heterocycles. The molecule has 0 unspecified atom stereocenters. The van der Waals surface area contributed by atoms with E-state index in [0.29, 0.717) is 23.0 Å². The summed E-state index contributed by atoms with van der Waals surface area (Å²) in [6.45, 7) is 2.72. The number of amides is 1. The first-order valence-electron chi connectivity index (χ1n) is 11.4. The molecule has 3 aromatic rings. The molecule has 8 heteroatoms. The van der Waals surface area contributed by atoms with Crippen LogP contribution >= 0.6 is 11.8 Å². The van der Waals surface area contributed by atoms with Crippen LogP contribution in [0.15, 0.2) is 65.6 Å². The van der Waals surface area contributed by atoms with Crippen LogP contribution in [-0.2, 0) is 17.8 Å². The Kier molecular flexibility index (Phi) is 6.72. The van der Waals surface area contributed by atoms with Crippen molar-refractivity contribution >= 4 is 29.4 Å². The minimum atomic E-state index is -0.229. The smallest absolute Gasteiger partial charge is 0.260 e. The summed E-state index contributed by atoms with van der Waals surface area (Å²) in [5, 5.41) is 6.31. The average Bonchev–Trinajstić information content (AvgIpc) is 3.49. The third-order valence-electron chi connectivity index (χ3n) is 5.71. The van der Waals surface area contributed by atoms with Crippen molar-refractivity contribution in [1.82, 2.24) is 5.32 Å². The number of hydrogen-bond acceptors (Lipinski definition) is 7. The summed E-state index contributed by atoms with van der Waals surface area (Å²) in [6, 6.07) is 19.6. The first-order chi connectivity index (χ1) is 17.1. The molecule has 5 rings (SSSR count). The van der Waals surface area contributed by atoms with Gasteiger partial charge in [0.25, 0.3) is 5.91 Å². The second-order valence-electron chi connectivity index (χ2n) is 8.06. The molecule has 0 radical (unpaired) electrons. The Balaban J connectivity index is 1.24. The van der Waals surface area contributed by atoms with Gasteiger partial charge in [-0.1, -0.05) is 43.0 Å². The van der Waals surface area contributed by atoms with E-state index in [4.69, 9.17) is 18.9 Å². The van der Waals surface area contributed by atoms with Crippen molar-refractivity contribution in [1.29, 1.82) is 0 Å². The van der Waals surface area contributed by atoms with Gasteiger partial charge in [0, 0.05) is 5.69 Å². The molecule has 35 heavy (non-hydrogen) atoms. The molecule has 1 amide bonds. The quantitative estimate of drug-likeness (QED) is 0.422. The van der Waals surface area contributed by atoms with Crippen molar-refractivity contribution in [3.05, 3.63) is 82.3 Å².